The van der Waals surface area contributed by atoms with Gasteiger partial charge >= 0.3 is 11.7 Å². The summed E-state index contributed by atoms with van der Waals surface area (Å²) in [5.74, 6) is -0.724. The van der Waals surface area contributed by atoms with E-state index in [2.05, 4.69) is 9.97 Å². The van der Waals surface area contributed by atoms with Gasteiger partial charge in [0.25, 0.3) is 5.56 Å². The molecule has 2 aromatic heterocycles. The van der Waals surface area contributed by atoms with Crippen molar-refractivity contribution in [2.45, 2.75) is 13.3 Å². The average molecular weight is 295 g/mol. The summed E-state index contributed by atoms with van der Waals surface area (Å²) in [4.78, 5) is 43.4. The number of nitrogens with zero attached hydrogens (tertiary/aromatic N) is 4. The van der Waals surface area contributed by atoms with E-state index >= 15 is 0 Å². The topological polar surface area (TPSA) is 113 Å². The smallest absolute Gasteiger partial charge is 0.332 e. The first-order valence-electron chi connectivity index (χ1n) is 6.49. The molecule has 2 N–H and O–H groups in total. The van der Waals surface area contributed by atoms with Crippen LogP contribution in [0.4, 0.5) is 5.95 Å². The summed E-state index contributed by atoms with van der Waals surface area (Å²) in [7, 11) is 2.89. The quantitative estimate of drug-likeness (QED) is 0.751. The van der Waals surface area contributed by atoms with Gasteiger partial charge in [-0.25, -0.2) is 4.79 Å². The highest BCUT2D eigenvalue weighted by molar-refractivity contribution is 5.76. The molecule has 21 heavy (non-hydrogen) atoms. The van der Waals surface area contributed by atoms with E-state index in [9.17, 15) is 14.4 Å². The zero-order valence-electron chi connectivity index (χ0n) is 12.1. The first kappa shape index (κ1) is 14.8. The molecular weight excluding hydrogens is 278 g/mol. The van der Waals surface area contributed by atoms with Gasteiger partial charge in [-0.2, -0.15) is 4.98 Å². The van der Waals surface area contributed by atoms with Crippen molar-refractivity contribution in [1.82, 2.24) is 19.1 Å². The van der Waals surface area contributed by atoms with Crippen LogP contribution in [0.2, 0.25) is 0 Å². The number of H-pyrrole nitrogens is 1. The van der Waals surface area contributed by atoms with E-state index in [1.165, 1.54) is 23.6 Å². The SMILES string of the molecule is CCCN(CC(=O)O)c1nc2c([nH]1)c(=O)n(C)c(=O)n2C. The number of carbonyl (C=O) groups is 1. The zero-order valence-corrected chi connectivity index (χ0v) is 12.1. The van der Waals surface area contributed by atoms with Crippen molar-refractivity contribution in [3.8, 4) is 0 Å². The maximum absolute atomic E-state index is 12.1. The van der Waals surface area contributed by atoms with Crippen LogP contribution in [0.25, 0.3) is 11.2 Å². The van der Waals surface area contributed by atoms with Crippen molar-refractivity contribution in [1.29, 1.82) is 0 Å². The van der Waals surface area contributed by atoms with Gasteiger partial charge in [0.2, 0.25) is 5.95 Å². The molecule has 0 aromatic carbocycles. The van der Waals surface area contributed by atoms with Crippen LogP contribution < -0.4 is 16.1 Å². The van der Waals surface area contributed by atoms with Gasteiger partial charge in [-0.1, -0.05) is 6.92 Å². The Morgan fingerprint density at radius 2 is 2.00 bits per heavy atom. The van der Waals surface area contributed by atoms with E-state index in [0.29, 0.717) is 6.54 Å². The van der Waals surface area contributed by atoms with Crippen molar-refractivity contribution in [2.75, 3.05) is 18.0 Å². The third-order valence-corrected chi connectivity index (χ3v) is 3.20. The minimum Gasteiger partial charge on any atom is -0.480 e. The Balaban J connectivity index is 2.64. The van der Waals surface area contributed by atoms with E-state index in [1.54, 1.807) is 0 Å². The molecule has 9 nitrogen and oxygen atoms in total. The van der Waals surface area contributed by atoms with Crippen molar-refractivity contribution in [3.63, 3.8) is 0 Å². The highest BCUT2D eigenvalue weighted by Gasteiger charge is 2.18. The summed E-state index contributed by atoms with van der Waals surface area (Å²) < 4.78 is 2.23. The van der Waals surface area contributed by atoms with Crippen LogP contribution in [-0.2, 0) is 18.9 Å². The molecule has 2 aromatic rings. The summed E-state index contributed by atoms with van der Waals surface area (Å²) in [6.07, 6.45) is 0.723. The average Bonchev–Trinajstić information content (AvgIpc) is 2.87. The Morgan fingerprint density at radius 1 is 1.33 bits per heavy atom. The first-order valence-corrected chi connectivity index (χ1v) is 6.49. The van der Waals surface area contributed by atoms with E-state index < -0.39 is 17.2 Å². The Morgan fingerprint density at radius 3 is 2.57 bits per heavy atom. The molecule has 2 rings (SSSR count). The molecule has 0 atom stereocenters. The van der Waals surface area contributed by atoms with Crippen molar-refractivity contribution >= 4 is 23.1 Å². The molecule has 9 heteroatoms. The fourth-order valence-electron chi connectivity index (χ4n) is 2.16. The zero-order chi connectivity index (χ0) is 15.7. The Bertz CT molecular complexity index is 800. The number of aryl methyl sites for hydroxylation is 1. The highest BCUT2D eigenvalue weighted by Crippen LogP contribution is 2.13. The monoisotopic (exact) mass is 295 g/mol. The second-order valence-electron chi connectivity index (χ2n) is 4.78. The van der Waals surface area contributed by atoms with Crippen molar-refractivity contribution < 1.29 is 9.90 Å². The van der Waals surface area contributed by atoms with Crippen LogP contribution in [-0.4, -0.2) is 43.3 Å². The van der Waals surface area contributed by atoms with Crippen LogP contribution in [0.3, 0.4) is 0 Å². The molecule has 0 aliphatic carbocycles. The molecule has 0 saturated heterocycles. The predicted octanol–water partition coefficient (Wildman–Crippen LogP) is -0.739. The lowest BCUT2D eigenvalue weighted by Crippen LogP contribution is -2.36. The number of carboxylic acid groups (broad SMARTS) is 1. The summed E-state index contributed by atoms with van der Waals surface area (Å²) >= 11 is 0. The van der Waals surface area contributed by atoms with Crippen LogP contribution in [0.5, 0.6) is 0 Å². The molecule has 0 fully saturated rings. The lowest BCUT2D eigenvalue weighted by Gasteiger charge is -2.18. The van der Waals surface area contributed by atoms with Gasteiger partial charge < -0.3 is 15.0 Å². The van der Waals surface area contributed by atoms with E-state index in [0.717, 1.165) is 11.0 Å². The number of anilines is 1. The Hall–Kier alpha value is -2.58. The number of aliphatic carboxylic acids is 1. The number of rotatable bonds is 5. The van der Waals surface area contributed by atoms with Gasteiger partial charge in [-0.3, -0.25) is 18.7 Å². The maximum Gasteiger partial charge on any atom is 0.332 e. The third-order valence-electron chi connectivity index (χ3n) is 3.20. The minimum absolute atomic E-state index is 0.182. The van der Waals surface area contributed by atoms with Gasteiger partial charge in [0.1, 0.15) is 6.54 Å². The summed E-state index contributed by atoms with van der Waals surface area (Å²) in [6, 6.07) is 0. The first-order chi connectivity index (χ1) is 9.86. The second-order valence-corrected chi connectivity index (χ2v) is 4.78. The van der Waals surface area contributed by atoms with Crippen LogP contribution in [0.15, 0.2) is 9.59 Å². The number of hydrogen-bond acceptors (Lipinski definition) is 5. The second kappa shape index (κ2) is 5.43. The molecule has 2 heterocycles. The summed E-state index contributed by atoms with van der Waals surface area (Å²) in [5, 5.41) is 8.94. The number of imidazole rings is 1. The van der Waals surface area contributed by atoms with Gasteiger partial charge in [0.05, 0.1) is 0 Å². The lowest BCUT2D eigenvalue weighted by atomic mass is 10.4. The van der Waals surface area contributed by atoms with Gasteiger partial charge in [0, 0.05) is 20.6 Å². The van der Waals surface area contributed by atoms with E-state index in [1.807, 2.05) is 6.92 Å². The molecule has 0 saturated carbocycles. The number of carboxylic acids is 1. The van der Waals surface area contributed by atoms with Crippen LogP contribution >= 0.6 is 0 Å². The molecule has 0 aliphatic rings. The number of aromatic nitrogens is 4. The van der Waals surface area contributed by atoms with Crippen molar-refractivity contribution in [2.24, 2.45) is 14.1 Å². The van der Waals surface area contributed by atoms with E-state index in [4.69, 9.17) is 5.11 Å². The molecule has 0 radical (unpaired) electrons. The molecule has 0 unspecified atom stereocenters. The minimum atomic E-state index is -0.995. The number of fused-ring (bicyclic) bond motifs is 1. The number of hydrogen-bond donors (Lipinski definition) is 2. The number of aromatic amines is 1. The van der Waals surface area contributed by atoms with E-state index in [-0.39, 0.29) is 23.7 Å². The summed E-state index contributed by atoms with van der Waals surface area (Å²) in [6.45, 7) is 2.15. The lowest BCUT2D eigenvalue weighted by molar-refractivity contribution is -0.135. The fourth-order valence-corrected chi connectivity index (χ4v) is 2.16. The molecule has 0 spiro atoms. The molecule has 0 bridgehead atoms. The van der Waals surface area contributed by atoms with Gasteiger partial charge in [-0.05, 0) is 6.42 Å². The third kappa shape index (κ3) is 2.54. The standard InChI is InChI=1S/C12H17N5O4/c1-4-5-17(6-7(18)19)11-13-8-9(14-11)15(2)12(21)16(3)10(8)20/h4-6H2,1-3H3,(H,13,14)(H,18,19). The fraction of sp³-hybridized carbons (Fsp3) is 0.500. The molecule has 0 aliphatic heterocycles. The van der Waals surface area contributed by atoms with Crippen molar-refractivity contribution in [3.05, 3.63) is 20.8 Å². The molecular formula is C12H17N5O4. The van der Waals surface area contributed by atoms with Gasteiger partial charge in [-0.15, -0.1) is 0 Å². The van der Waals surface area contributed by atoms with Crippen LogP contribution in [0.1, 0.15) is 13.3 Å². The highest BCUT2D eigenvalue weighted by atomic mass is 16.4. The summed E-state index contributed by atoms with van der Waals surface area (Å²) in [5.41, 5.74) is -0.574. The maximum atomic E-state index is 12.1. The van der Waals surface area contributed by atoms with Gasteiger partial charge in [0.15, 0.2) is 11.2 Å². The Labute approximate surface area is 119 Å². The largest absolute Gasteiger partial charge is 0.480 e. The van der Waals surface area contributed by atoms with Crippen LogP contribution in [0, 0.1) is 0 Å². The Kier molecular flexibility index (Phi) is 3.83. The predicted molar refractivity (Wildman–Crippen MR) is 76.7 cm³/mol. The normalized spacial score (nSPS) is 11.0. The number of nitrogens with one attached hydrogen (secondary N) is 1. The molecule has 114 valence electrons. The molecule has 0 amide bonds.